The molecule has 5 heteroatoms. The number of β-amino-alcohol motifs (C(OH)–C–C–N with tert-alkyl or cyclic N) is 1. The molecule has 0 amide bonds. The maximum Gasteiger partial charge on any atom is 0.163 e. The summed E-state index contributed by atoms with van der Waals surface area (Å²) in [5, 5.41) is 12.4. The van der Waals surface area contributed by atoms with E-state index in [0.29, 0.717) is 18.7 Å². The molecule has 0 saturated carbocycles. The average Bonchev–Trinajstić information content (AvgIpc) is 2.83. The second-order valence-electron chi connectivity index (χ2n) is 8.02. The maximum absolute atomic E-state index is 12.3. The highest BCUT2D eigenvalue weighted by Gasteiger charge is 2.20. The van der Waals surface area contributed by atoms with Crippen molar-refractivity contribution in [1.29, 1.82) is 0 Å². The molecule has 1 aliphatic rings. The second kappa shape index (κ2) is 9.94. The lowest BCUT2D eigenvalue weighted by Gasteiger charge is -2.36. The monoisotopic (exact) mass is 418 g/mol. The standard InChI is InChI=1S/C26H30N2O3/c1-2-25(30)23-12-13-26(24-11-7-6-10-22(23)24)31-19-21(29)18-27-14-16-28(17-15-27)20-8-4-3-5-9-20/h3-13,21,29H,2,14-19H2,1H3. The third kappa shape index (κ3) is 5.06. The van der Waals surface area contributed by atoms with Crippen LogP contribution in [-0.2, 0) is 0 Å². The summed E-state index contributed by atoms with van der Waals surface area (Å²) < 4.78 is 5.98. The van der Waals surface area contributed by atoms with Crippen molar-refractivity contribution < 1.29 is 14.6 Å². The number of ketones is 1. The number of piperazine rings is 1. The predicted molar refractivity (Wildman–Crippen MR) is 125 cm³/mol. The van der Waals surface area contributed by atoms with Crippen LogP contribution in [0.2, 0.25) is 0 Å². The molecule has 31 heavy (non-hydrogen) atoms. The predicted octanol–water partition coefficient (Wildman–Crippen LogP) is 3.99. The van der Waals surface area contributed by atoms with E-state index in [1.807, 2.05) is 49.4 Å². The molecule has 0 aromatic heterocycles. The van der Waals surface area contributed by atoms with Crippen LogP contribution in [0.15, 0.2) is 66.7 Å². The van der Waals surface area contributed by atoms with E-state index in [9.17, 15) is 9.90 Å². The number of para-hydroxylation sites is 1. The van der Waals surface area contributed by atoms with Gasteiger partial charge in [-0.1, -0.05) is 49.4 Å². The van der Waals surface area contributed by atoms with Crippen LogP contribution in [0.3, 0.4) is 0 Å². The van der Waals surface area contributed by atoms with E-state index in [1.54, 1.807) is 0 Å². The van der Waals surface area contributed by atoms with Gasteiger partial charge in [0, 0.05) is 55.8 Å². The normalized spacial score (nSPS) is 15.7. The third-order valence-corrected chi connectivity index (χ3v) is 5.90. The fourth-order valence-electron chi connectivity index (χ4n) is 4.20. The Labute approximate surface area is 183 Å². The molecular formula is C26H30N2O3. The number of aliphatic hydroxyl groups is 1. The minimum Gasteiger partial charge on any atom is -0.490 e. The lowest BCUT2D eigenvalue weighted by Crippen LogP contribution is -2.49. The number of nitrogens with zero attached hydrogens (tertiary/aromatic N) is 2. The number of hydrogen-bond donors (Lipinski definition) is 1. The van der Waals surface area contributed by atoms with Crippen molar-refractivity contribution in [3.05, 3.63) is 72.3 Å². The number of rotatable bonds is 8. The van der Waals surface area contributed by atoms with E-state index >= 15 is 0 Å². The first-order valence-corrected chi connectivity index (χ1v) is 11.0. The zero-order chi connectivity index (χ0) is 21.6. The van der Waals surface area contributed by atoms with Crippen molar-refractivity contribution in [2.75, 3.05) is 44.2 Å². The summed E-state index contributed by atoms with van der Waals surface area (Å²) in [7, 11) is 0. The van der Waals surface area contributed by atoms with Gasteiger partial charge >= 0.3 is 0 Å². The average molecular weight is 419 g/mol. The summed E-state index contributed by atoms with van der Waals surface area (Å²) >= 11 is 0. The molecular weight excluding hydrogens is 388 g/mol. The molecule has 1 unspecified atom stereocenters. The minimum atomic E-state index is -0.570. The molecule has 0 bridgehead atoms. The van der Waals surface area contributed by atoms with Crippen LogP contribution in [0.1, 0.15) is 23.7 Å². The molecule has 3 aromatic rings. The molecule has 0 spiro atoms. The van der Waals surface area contributed by atoms with Gasteiger partial charge in [-0.25, -0.2) is 0 Å². The van der Waals surface area contributed by atoms with Crippen LogP contribution in [0.5, 0.6) is 5.75 Å². The van der Waals surface area contributed by atoms with E-state index < -0.39 is 6.10 Å². The number of hydrogen-bond acceptors (Lipinski definition) is 5. The van der Waals surface area contributed by atoms with Gasteiger partial charge < -0.3 is 14.7 Å². The van der Waals surface area contributed by atoms with E-state index in [-0.39, 0.29) is 12.4 Å². The Hall–Kier alpha value is -2.89. The summed E-state index contributed by atoms with van der Waals surface area (Å²) in [5.41, 5.74) is 1.98. The number of anilines is 1. The van der Waals surface area contributed by atoms with Crippen LogP contribution >= 0.6 is 0 Å². The quantitative estimate of drug-likeness (QED) is 0.561. The number of aliphatic hydroxyl groups excluding tert-OH is 1. The van der Waals surface area contributed by atoms with Crippen molar-refractivity contribution in [2.24, 2.45) is 0 Å². The van der Waals surface area contributed by atoms with Gasteiger partial charge in [-0.2, -0.15) is 0 Å². The SMILES string of the molecule is CCC(=O)c1ccc(OCC(O)CN2CCN(c3ccccc3)CC2)c2ccccc12. The highest BCUT2D eigenvalue weighted by Crippen LogP contribution is 2.29. The molecule has 0 radical (unpaired) electrons. The summed E-state index contributed by atoms with van der Waals surface area (Å²) in [4.78, 5) is 16.9. The van der Waals surface area contributed by atoms with Crippen LogP contribution < -0.4 is 9.64 Å². The molecule has 162 valence electrons. The summed E-state index contributed by atoms with van der Waals surface area (Å²) in [6.07, 6.45) is -0.0977. The van der Waals surface area contributed by atoms with Gasteiger partial charge in [0.1, 0.15) is 18.5 Å². The Bertz CT molecular complexity index is 1010. The Kier molecular flexibility index (Phi) is 6.85. The fourth-order valence-corrected chi connectivity index (χ4v) is 4.20. The number of ether oxygens (including phenoxy) is 1. The van der Waals surface area contributed by atoms with Crippen molar-refractivity contribution >= 4 is 22.2 Å². The molecule has 1 aliphatic heterocycles. The molecule has 1 atom stereocenters. The number of Topliss-reactive ketones (excluding diaryl/α,β-unsaturated/α-hetero) is 1. The highest BCUT2D eigenvalue weighted by molar-refractivity contribution is 6.09. The van der Waals surface area contributed by atoms with E-state index in [0.717, 1.165) is 42.5 Å². The molecule has 1 N–H and O–H groups in total. The Morgan fingerprint density at radius 2 is 1.61 bits per heavy atom. The molecule has 0 aliphatic carbocycles. The zero-order valence-corrected chi connectivity index (χ0v) is 18.0. The fraction of sp³-hybridized carbons (Fsp3) is 0.346. The Morgan fingerprint density at radius 1 is 0.935 bits per heavy atom. The summed E-state index contributed by atoms with van der Waals surface area (Å²) in [5.74, 6) is 0.827. The van der Waals surface area contributed by atoms with Crippen molar-refractivity contribution in [3.63, 3.8) is 0 Å². The number of benzene rings is 3. The Morgan fingerprint density at radius 3 is 2.32 bits per heavy atom. The summed E-state index contributed by atoms with van der Waals surface area (Å²) in [6, 6.07) is 21.9. The van der Waals surface area contributed by atoms with E-state index in [4.69, 9.17) is 4.74 Å². The molecule has 5 nitrogen and oxygen atoms in total. The molecule has 1 fully saturated rings. The zero-order valence-electron chi connectivity index (χ0n) is 18.0. The lowest BCUT2D eigenvalue weighted by molar-refractivity contribution is 0.0668. The van der Waals surface area contributed by atoms with Crippen LogP contribution in [-0.4, -0.2) is 61.2 Å². The first-order valence-electron chi connectivity index (χ1n) is 11.0. The van der Waals surface area contributed by atoms with Gasteiger partial charge in [0.05, 0.1) is 0 Å². The van der Waals surface area contributed by atoms with Gasteiger partial charge in [-0.05, 0) is 29.7 Å². The van der Waals surface area contributed by atoms with Gasteiger partial charge in [0.15, 0.2) is 5.78 Å². The van der Waals surface area contributed by atoms with Gasteiger partial charge in [-0.3, -0.25) is 9.69 Å². The van der Waals surface area contributed by atoms with Gasteiger partial charge in [0.25, 0.3) is 0 Å². The molecule has 1 heterocycles. The van der Waals surface area contributed by atoms with E-state index in [1.165, 1.54) is 5.69 Å². The van der Waals surface area contributed by atoms with Crippen LogP contribution in [0, 0.1) is 0 Å². The Balaban J connectivity index is 1.33. The van der Waals surface area contributed by atoms with Crippen molar-refractivity contribution in [1.82, 2.24) is 4.90 Å². The maximum atomic E-state index is 12.3. The molecule has 4 rings (SSSR count). The van der Waals surface area contributed by atoms with Crippen LogP contribution in [0.25, 0.3) is 10.8 Å². The first kappa shape index (κ1) is 21.3. The second-order valence-corrected chi connectivity index (χ2v) is 8.02. The smallest absolute Gasteiger partial charge is 0.163 e. The number of carbonyl (C=O) groups is 1. The summed E-state index contributed by atoms with van der Waals surface area (Å²) in [6.45, 7) is 6.43. The highest BCUT2D eigenvalue weighted by atomic mass is 16.5. The van der Waals surface area contributed by atoms with Gasteiger partial charge in [-0.15, -0.1) is 0 Å². The number of fused-ring (bicyclic) bond motifs is 1. The topological polar surface area (TPSA) is 53.0 Å². The molecule has 1 saturated heterocycles. The number of carbonyl (C=O) groups excluding carboxylic acids is 1. The van der Waals surface area contributed by atoms with E-state index in [2.05, 4.69) is 34.1 Å². The largest absolute Gasteiger partial charge is 0.490 e. The van der Waals surface area contributed by atoms with Crippen LogP contribution in [0.4, 0.5) is 5.69 Å². The lowest BCUT2D eigenvalue weighted by atomic mass is 9.99. The van der Waals surface area contributed by atoms with Crippen molar-refractivity contribution in [2.45, 2.75) is 19.4 Å². The minimum absolute atomic E-state index is 0.123. The van der Waals surface area contributed by atoms with Gasteiger partial charge in [0.2, 0.25) is 0 Å². The molecule has 3 aromatic carbocycles. The third-order valence-electron chi connectivity index (χ3n) is 5.90. The first-order chi connectivity index (χ1) is 15.2. The van der Waals surface area contributed by atoms with Crippen molar-refractivity contribution in [3.8, 4) is 5.75 Å².